The van der Waals surface area contributed by atoms with Gasteiger partial charge in [-0.2, -0.15) is 0 Å². The van der Waals surface area contributed by atoms with Crippen LogP contribution in [0.2, 0.25) is 0 Å². The van der Waals surface area contributed by atoms with Gasteiger partial charge in [0.15, 0.2) is 16.6 Å². The third-order valence-corrected chi connectivity index (χ3v) is 5.66. The van der Waals surface area contributed by atoms with Crippen molar-refractivity contribution in [3.63, 3.8) is 0 Å². The van der Waals surface area contributed by atoms with Crippen molar-refractivity contribution in [1.82, 2.24) is 4.98 Å². The minimum absolute atomic E-state index is 0.183. The van der Waals surface area contributed by atoms with Crippen LogP contribution in [0.1, 0.15) is 28.6 Å². The van der Waals surface area contributed by atoms with Crippen LogP contribution >= 0.6 is 27.3 Å². The van der Waals surface area contributed by atoms with Gasteiger partial charge < -0.3 is 9.47 Å². The fourth-order valence-corrected chi connectivity index (χ4v) is 4.29. The van der Waals surface area contributed by atoms with Crippen molar-refractivity contribution in [3.05, 3.63) is 57.4 Å². The van der Waals surface area contributed by atoms with E-state index >= 15 is 0 Å². The van der Waals surface area contributed by atoms with Gasteiger partial charge in [-0.1, -0.05) is 35.3 Å². The Hall–Kier alpha value is -2.38. The van der Waals surface area contributed by atoms with Gasteiger partial charge in [0.05, 0.1) is 19.9 Å². The number of hydrogen-bond acceptors (Lipinski definition) is 5. The molecule has 0 bridgehead atoms. The molecule has 1 aromatic heterocycles. The maximum atomic E-state index is 12.6. The molecule has 3 rings (SSSR count). The van der Waals surface area contributed by atoms with Gasteiger partial charge in [-0.05, 0) is 42.8 Å². The molecule has 0 aliphatic carbocycles. The van der Waals surface area contributed by atoms with E-state index in [2.05, 4.69) is 28.2 Å². The summed E-state index contributed by atoms with van der Waals surface area (Å²) in [5, 5.41) is 3.50. The highest BCUT2D eigenvalue weighted by molar-refractivity contribution is 9.10. The van der Waals surface area contributed by atoms with Crippen molar-refractivity contribution in [2.75, 3.05) is 19.5 Å². The first-order chi connectivity index (χ1) is 13.5. The minimum Gasteiger partial charge on any atom is -0.493 e. The molecule has 7 heteroatoms. The predicted octanol–water partition coefficient (Wildman–Crippen LogP) is 5.79. The van der Waals surface area contributed by atoms with E-state index in [0.717, 1.165) is 33.4 Å². The Bertz CT molecular complexity index is 988. The van der Waals surface area contributed by atoms with Crippen LogP contribution in [0.4, 0.5) is 5.13 Å². The van der Waals surface area contributed by atoms with Crippen LogP contribution in [-0.2, 0) is 6.42 Å². The molecule has 1 heterocycles. The predicted molar refractivity (Wildman–Crippen MR) is 117 cm³/mol. The number of anilines is 1. The van der Waals surface area contributed by atoms with Crippen LogP contribution in [0.15, 0.2) is 46.9 Å². The van der Waals surface area contributed by atoms with Crippen molar-refractivity contribution in [3.8, 4) is 22.8 Å². The third kappa shape index (κ3) is 4.54. The number of halogens is 1. The molecule has 0 atom stereocenters. The highest BCUT2D eigenvalue weighted by atomic mass is 79.9. The second-order valence-corrected chi connectivity index (χ2v) is 8.07. The summed E-state index contributed by atoms with van der Waals surface area (Å²) in [6.45, 7) is 2.12. The summed E-state index contributed by atoms with van der Waals surface area (Å²) in [5.41, 5.74) is 2.37. The zero-order chi connectivity index (χ0) is 20.1. The van der Waals surface area contributed by atoms with E-state index in [9.17, 15) is 4.79 Å². The summed E-state index contributed by atoms with van der Waals surface area (Å²) in [7, 11) is 3.22. The smallest absolute Gasteiger partial charge is 0.257 e. The lowest BCUT2D eigenvalue weighted by Gasteiger charge is -2.09. The van der Waals surface area contributed by atoms with Gasteiger partial charge in [-0.3, -0.25) is 10.1 Å². The highest BCUT2D eigenvalue weighted by Gasteiger charge is 2.17. The standard InChI is InChI=1S/C21H21BrN2O3S/c1-4-6-18-19(13-9-10-16(26-2)17(12-13)27-3)23-21(28-18)24-20(25)14-7-5-8-15(22)11-14/h5,7-12H,4,6H2,1-3H3,(H,23,24,25). The van der Waals surface area contributed by atoms with Crippen molar-refractivity contribution in [2.45, 2.75) is 19.8 Å². The lowest BCUT2D eigenvalue weighted by Crippen LogP contribution is -2.11. The van der Waals surface area contributed by atoms with Crippen molar-refractivity contribution in [2.24, 2.45) is 0 Å². The van der Waals surface area contributed by atoms with E-state index < -0.39 is 0 Å². The average Bonchev–Trinajstić information content (AvgIpc) is 3.10. The summed E-state index contributed by atoms with van der Waals surface area (Å²) in [6, 6.07) is 13.0. The fraction of sp³-hybridized carbons (Fsp3) is 0.238. The van der Waals surface area contributed by atoms with Gasteiger partial charge in [-0.15, -0.1) is 11.3 Å². The van der Waals surface area contributed by atoms with E-state index in [1.54, 1.807) is 26.4 Å². The quantitative estimate of drug-likeness (QED) is 0.484. The first-order valence-corrected chi connectivity index (χ1v) is 10.5. The molecule has 1 N–H and O–H groups in total. The average molecular weight is 461 g/mol. The van der Waals surface area contributed by atoms with Crippen LogP contribution in [0.3, 0.4) is 0 Å². The molecule has 3 aromatic rings. The topological polar surface area (TPSA) is 60.5 Å². The number of nitrogens with one attached hydrogen (secondary N) is 1. The highest BCUT2D eigenvalue weighted by Crippen LogP contribution is 2.37. The molecule has 0 unspecified atom stereocenters. The van der Waals surface area contributed by atoms with E-state index in [4.69, 9.17) is 14.5 Å². The second-order valence-electron chi connectivity index (χ2n) is 6.08. The molecule has 0 fully saturated rings. The molecular formula is C21H21BrN2O3S. The molecule has 5 nitrogen and oxygen atoms in total. The fourth-order valence-electron chi connectivity index (χ4n) is 2.81. The third-order valence-electron chi connectivity index (χ3n) is 4.14. The Morgan fingerprint density at radius 1 is 1.14 bits per heavy atom. The number of rotatable bonds is 7. The number of ether oxygens (including phenoxy) is 2. The number of aromatic nitrogens is 1. The Balaban J connectivity index is 1.93. The first kappa shape index (κ1) is 20.4. The van der Waals surface area contributed by atoms with Crippen LogP contribution in [0, 0.1) is 0 Å². The van der Waals surface area contributed by atoms with Crippen LogP contribution in [-0.4, -0.2) is 25.1 Å². The SMILES string of the molecule is CCCc1sc(NC(=O)c2cccc(Br)c2)nc1-c1ccc(OC)c(OC)c1. The zero-order valence-corrected chi connectivity index (χ0v) is 18.3. The Morgan fingerprint density at radius 3 is 2.61 bits per heavy atom. The lowest BCUT2D eigenvalue weighted by molar-refractivity contribution is 0.102. The van der Waals surface area contributed by atoms with E-state index in [-0.39, 0.29) is 5.91 Å². The Morgan fingerprint density at radius 2 is 1.93 bits per heavy atom. The summed E-state index contributed by atoms with van der Waals surface area (Å²) < 4.78 is 11.6. The number of benzene rings is 2. The monoisotopic (exact) mass is 460 g/mol. The molecule has 0 aliphatic rings. The van der Waals surface area contributed by atoms with E-state index in [0.29, 0.717) is 22.2 Å². The maximum absolute atomic E-state index is 12.6. The molecular weight excluding hydrogens is 440 g/mol. The number of methoxy groups -OCH3 is 2. The molecule has 0 radical (unpaired) electrons. The van der Waals surface area contributed by atoms with Gasteiger partial charge in [0.25, 0.3) is 5.91 Å². The van der Waals surface area contributed by atoms with Crippen molar-refractivity contribution in [1.29, 1.82) is 0 Å². The summed E-state index contributed by atoms with van der Waals surface area (Å²) in [6.07, 6.45) is 1.87. The number of thiazole rings is 1. The van der Waals surface area contributed by atoms with Crippen LogP contribution in [0.5, 0.6) is 11.5 Å². The summed E-state index contributed by atoms with van der Waals surface area (Å²) in [5.74, 6) is 1.13. The molecule has 1 amide bonds. The molecule has 0 saturated heterocycles. The molecule has 2 aromatic carbocycles. The number of nitrogens with zero attached hydrogens (tertiary/aromatic N) is 1. The molecule has 146 valence electrons. The van der Waals surface area contributed by atoms with Gasteiger partial charge in [0.2, 0.25) is 0 Å². The normalized spacial score (nSPS) is 10.6. The zero-order valence-electron chi connectivity index (χ0n) is 15.9. The van der Waals surface area contributed by atoms with Gasteiger partial charge >= 0.3 is 0 Å². The number of hydrogen-bond donors (Lipinski definition) is 1. The molecule has 0 aliphatic heterocycles. The lowest BCUT2D eigenvalue weighted by atomic mass is 10.1. The molecule has 0 spiro atoms. The number of carbonyl (C=O) groups excluding carboxylic acids is 1. The number of carbonyl (C=O) groups is 1. The Kier molecular flexibility index (Phi) is 6.70. The van der Waals surface area contributed by atoms with Crippen molar-refractivity contribution >= 4 is 38.3 Å². The van der Waals surface area contributed by atoms with Gasteiger partial charge in [0.1, 0.15) is 0 Å². The summed E-state index contributed by atoms with van der Waals surface area (Å²) >= 11 is 4.90. The number of aryl methyl sites for hydroxylation is 1. The van der Waals surface area contributed by atoms with Crippen molar-refractivity contribution < 1.29 is 14.3 Å². The number of amides is 1. The van der Waals surface area contributed by atoms with Gasteiger partial charge in [0, 0.05) is 20.5 Å². The van der Waals surface area contributed by atoms with E-state index in [1.807, 2.05) is 30.3 Å². The molecule has 0 saturated carbocycles. The van der Waals surface area contributed by atoms with Crippen LogP contribution < -0.4 is 14.8 Å². The largest absolute Gasteiger partial charge is 0.493 e. The minimum atomic E-state index is -0.183. The summed E-state index contributed by atoms with van der Waals surface area (Å²) in [4.78, 5) is 18.4. The van der Waals surface area contributed by atoms with Crippen LogP contribution in [0.25, 0.3) is 11.3 Å². The second kappa shape index (κ2) is 9.21. The van der Waals surface area contributed by atoms with E-state index in [1.165, 1.54) is 11.3 Å². The molecule has 28 heavy (non-hydrogen) atoms. The van der Waals surface area contributed by atoms with Gasteiger partial charge in [-0.25, -0.2) is 4.98 Å². The maximum Gasteiger partial charge on any atom is 0.257 e. The Labute approximate surface area is 176 Å². The first-order valence-electron chi connectivity index (χ1n) is 8.84.